The van der Waals surface area contributed by atoms with Crippen molar-refractivity contribution in [1.82, 2.24) is 14.5 Å². The van der Waals surface area contributed by atoms with Gasteiger partial charge in [0.1, 0.15) is 35.0 Å². The average Bonchev–Trinajstić information content (AvgIpc) is 3.52. The number of nitrogens with one attached hydrogen (secondary N) is 1. The molecule has 0 aliphatic carbocycles. The molecule has 13 nitrogen and oxygen atoms in total. The van der Waals surface area contributed by atoms with Gasteiger partial charge in [-0.25, -0.2) is 4.79 Å². The van der Waals surface area contributed by atoms with Crippen LogP contribution < -0.4 is 20.7 Å². The average molecular weight is 779 g/mol. The number of hydrogen-bond acceptors (Lipinski definition) is 10. The van der Waals surface area contributed by atoms with Crippen molar-refractivity contribution >= 4 is 8.25 Å². The second-order valence-corrected chi connectivity index (χ2v) is 13.4. The number of ether oxygens (including phenoxy) is 4. The van der Waals surface area contributed by atoms with Crippen LogP contribution in [0.1, 0.15) is 76.9 Å². The quantitative estimate of drug-likeness (QED) is 0.0601. The molecule has 296 valence electrons. The summed E-state index contributed by atoms with van der Waals surface area (Å²) in [5.74, 6) is 4.51. The Bertz CT molecular complexity index is 1960. The minimum absolute atomic E-state index is 0. The zero-order chi connectivity index (χ0) is 40.0. The van der Waals surface area contributed by atoms with Gasteiger partial charge in [-0.2, -0.15) is 0 Å². The third kappa shape index (κ3) is 10.6. The Morgan fingerprint density at radius 2 is 1.47 bits per heavy atom. The van der Waals surface area contributed by atoms with E-state index in [0.717, 1.165) is 16.6 Å². The monoisotopic (exact) mass is 778 g/mol. The molecule has 0 bridgehead atoms. The lowest BCUT2D eigenvalue weighted by molar-refractivity contribution is -0.198. The summed E-state index contributed by atoms with van der Waals surface area (Å²) in [7, 11) is -0.576. The smallest absolute Gasteiger partial charge is 0.497 e. The van der Waals surface area contributed by atoms with Crippen molar-refractivity contribution in [3.05, 3.63) is 128 Å². The summed E-state index contributed by atoms with van der Waals surface area (Å²) in [6, 6.07) is 24.0. The van der Waals surface area contributed by atoms with E-state index in [0.29, 0.717) is 29.0 Å². The van der Waals surface area contributed by atoms with Gasteiger partial charge in [0.25, 0.3) is 5.56 Å². The van der Waals surface area contributed by atoms with Gasteiger partial charge in [0.05, 0.1) is 27.2 Å². The van der Waals surface area contributed by atoms with Crippen LogP contribution in [0.2, 0.25) is 0 Å². The van der Waals surface area contributed by atoms with Crippen molar-refractivity contribution in [2.75, 3.05) is 40.5 Å². The summed E-state index contributed by atoms with van der Waals surface area (Å²) >= 11 is 0. The van der Waals surface area contributed by atoms with Gasteiger partial charge in [-0.1, -0.05) is 94.1 Å². The Labute approximate surface area is 324 Å². The van der Waals surface area contributed by atoms with Crippen molar-refractivity contribution in [3.8, 4) is 23.3 Å². The number of aromatic amines is 1. The van der Waals surface area contributed by atoms with E-state index in [1.807, 2.05) is 61.5 Å². The zero-order valence-corrected chi connectivity index (χ0v) is 33.2. The van der Waals surface area contributed by atoms with E-state index in [1.54, 1.807) is 38.5 Å². The highest BCUT2D eigenvalue weighted by Gasteiger charge is 2.52. The zero-order valence-electron chi connectivity index (χ0n) is 33.2. The van der Waals surface area contributed by atoms with Gasteiger partial charge >= 0.3 is 15.4 Å². The largest absolute Gasteiger partial charge is 1.00 e. The van der Waals surface area contributed by atoms with Gasteiger partial charge in [0.2, 0.25) is 5.79 Å². The predicted octanol–water partition coefficient (Wildman–Crippen LogP) is 5.55. The van der Waals surface area contributed by atoms with Gasteiger partial charge < -0.3 is 33.8 Å². The second-order valence-electron chi connectivity index (χ2n) is 12.7. The first-order chi connectivity index (χ1) is 26.5. The summed E-state index contributed by atoms with van der Waals surface area (Å²) < 4.78 is 42.0. The SMILES string of the molecule is CCCC#Cc1cn([C@H]2C[C@](O)(O[PH](=O)O)[C@@H](COC(c3ccccc3)(c3ccc(OC)cc3)c3ccc(OC)cc3)O2)c(=O)[nH]c1=O.CCN(CC)CC.[H+]. The highest BCUT2D eigenvalue weighted by molar-refractivity contribution is 7.32. The number of H-pyrrole nitrogens is 1. The maximum absolute atomic E-state index is 12.9. The van der Waals surface area contributed by atoms with Gasteiger partial charge in [-0.15, -0.1) is 0 Å². The second kappa shape index (κ2) is 20.4. The molecule has 2 heterocycles. The van der Waals surface area contributed by atoms with Crippen molar-refractivity contribution in [3.63, 3.8) is 0 Å². The molecule has 1 aliphatic rings. The summed E-state index contributed by atoms with van der Waals surface area (Å²) in [6.07, 6.45) is -0.467. The number of aliphatic hydroxyl groups is 1. The maximum atomic E-state index is 12.9. The van der Waals surface area contributed by atoms with E-state index in [4.69, 9.17) is 23.5 Å². The third-order valence-electron chi connectivity index (χ3n) is 9.40. The maximum Gasteiger partial charge on any atom is 1.00 e. The van der Waals surface area contributed by atoms with Crippen LogP contribution in [-0.4, -0.2) is 76.8 Å². The normalized spacial score (nSPS) is 18.5. The molecule has 4 aromatic rings. The Morgan fingerprint density at radius 3 is 1.95 bits per heavy atom. The lowest BCUT2D eigenvalue weighted by Crippen LogP contribution is -2.45. The molecule has 1 aromatic heterocycles. The van der Waals surface area contributed by atoms with E-state index in [-0.39, 0.29) is 13.6 Å². The van der Waals surface area contributed by atoms with Crippen LogP contribution in [0.15, 0.2) is 94.6 Å². The van der Waals surface area contributed by atoms with E-state index in [9.17, 15) is 24.2 Å². The van der Waals surface area contributed by atoms with E-state index in [1.165, 1.54) is 25.8 Å². The number of hydrogen-bond donors (Lipinski definition) is 3. The molecule has 3 aromatic carbocycles. The molecular weight excluding hydrogens is 725 g/mol. The van der Waals surface area contributed by atoms with Crippen LogP contribution >= 0.6 is 8.25 Å². The Kier molecular flexibility index (Phi) is 16.0. The lowest BCUT2D eigenvalue weighted by atomic mass is 9.80. The summed E-state index contributed by atoms with van der Waals surface area (Å²) in [5.41, 5.74) is -0.666. The molecule has 0 saturated carbocycles. The predicted molar refractivity (Wildman–Crippen MR) is 212 cm³/mol. The van der Waals surface area contributed by atoms with Crippen LogP contribution in [0.25, 0.3) is 0 Å². The standard InChI is InChI=1S/C35H37N2O10P.C6H15N/c1-4-5-7-10-24-22-37(33(39)36-32(24)38)31-21-34(40,47-48(41)42)30(46-31)23-45-35(25-11-8-6-9-12-25,26-13-17-28(43-2)18-14-26)27-15-19-29(44-3)20-16-27;1-4-7(5-2)6-3/h6,8-9,11-20,22,30-31,40,48H,4-5,21,23H2,1-3H3,(H,41,42)(H,36,38,39);4-6H2,1-3H3/p+1/t30-,31-,34+;/m1./s1. The minimum atomic E-state index is -3.71. The number of aromatic nitrogens is 2. The number of nitrogens with zero attached hydrogens (tertiary/aromatic N) is 2. The van der Waals surface area contributed by atoms with Gasteiger partial charge in [-0.05, 0) is 67.0 Å². The molecule has 1 fully saturated rings. The van der Waals surface area contributed by atoms with Crippen LogP contribution in [0, 0.1) is 11.8 Å². The summed E-state index contributed by atoms with van der Waals surface area (Å²) in [4.78, 5) is 39.7. The summed E-state index contributed by atoms with van der Waals surface area (Å²) in [6.45, 7) is 11.7. The van der Waals surface area contributed by atoms with Gasteiger partial charge in [0, 0.05) is 12.6 Å². The molecule has 14 heteroatoms. The van der Waals surface area contributed by atoms with Gasteiger partial charge in [-0.3, -0.25) is 23.4 Å². The van der Waals surface area contributed by atoms with Crippen LogP contribution in [0.3, 0.4) is 0 Å². The number of benzene rings is 3. The van der Waals surface area contributed by atoms with E-state index < -0.39 is 49.6 Å². The molecular formula is C41H53N3O10P+. The van der Waals surface area contributed by atoms with E-state index >= 15 is 0 Å². The summed E-state index contributed by atoms with van der Waals surface area (Å²) in [5, 5.41) is 11.7. The van der Waals surface area contributed by atoms with Gasteiger partial charge in [0.15, 0.2) is 0 Å². The first kappa shape index (κ1) is 43.2. The molecule has 4 atom stereocenters. The Balaban J connectivity index is 0.000000960. The highest BCUT2D eigenvalue weighted by Crippen LogP contribution is 2.46. The molecule has 1 aliphatic heterocycles. The van der Waals surface area contributed by atoms with Crippen molar-refractivity contribution in [2.24, 2.45) is 0 Å². The molecule has 0 radical (unpaired) electrons. The fraction of sp³-hybridized carbons (Fsp3) is 0.415. The van der Waals surface area contributed by atoms with E-state index in [2.05, 4.69) is 42.5 Å². The molecule has 1 unspecified atom stereocenters. The topological polar surface area (TPSA) is 162 Å². The molecule has 0 amide bonds. The van der Waals surface area contributed by atoms with Crippen LogP contribution in [-0.2, 0) is 24.2 Å². The third-order valence-corrected chi connectivity index (χ3v) is 9.93. The molecule has 3 N–H and O–H groups in total. The molecule has 0 spiro atoms. The van der Waals surface area contributed by atoms with Crippen molar-refractivity contribution in [1.29, 1.82) is 0 Å². The molecule has 1 saturated heterocycles. The number of unbranched alkanes of at least 4 members (excludes halogenated alkanes) is 1. The molecule has 5 rings (SSSR count). The first-order valence-electron chi connectivity index (χ1n) is 18.3. The fourth-order valence-electron chi connectivity index (χ4n) is 6.33. The number of rotatable bonds is 15. The Hall–Kier alpha value is -4.51. The van der Waals surface area contributed by atoms with Crippen LogP contribution in [0.5, 0.6) is 11.5 Å². The first-order valence-corrected chi connectivity index (χ1v) is 19.6. The minimum Gasteiger partial charge on any atom is -0.497 e. The Morgan fingerprint density at radius 1 is 0.927 bits per heavy atom. The highest BCUT2D eigenvalue weighted by atomic mass is 31.1. The number of methoxy groups -OCH3 is 2. The fourth-order valence-corrected chi connectivity index (χ4v) is 6.85. The molecule has 55 heavy (non-hydrogen) atoms. The lowest BCUT2D eigenvalue weighted by Gasteiger charge is -2.38. The van der Waals surface area contributed by atoms with Crippen molar-refractivity contribution < 1.29 is 39.5 Å². The van der Waals surface area contributed by atoms with Crippen molar-refractivity contribution in [2.45, 2.75) is 70.7 Å². The van der Waals surface area contributed by atoms with Crippen LogP contribution in [0.4, 0.5) is 0 Å².